The molecule has 1 atom stereocenters. The first-order valence-corrected chi connectivity index (χ1v) is 4.21. The van der Waals surface area contributed by atoms with Crippen molar-refractivity contribution < 1.29 is 18.5 Å². The van der Waals surface area contributed by atoms with Gasteiger partial charge in [-0.05, 0) is 6.07 Å². The summed E-state index contributed by atoms with van der Waals surface area (Å²) < 4.78 is 25.7. The topological polar surface area (TPSA) is 72.6 Å². The van der Waals surface area contributed by atoms with E-state index in [4.69, 9.17) is 0 Å². The lowest BCUT2D eigenvalue weighted by Gasteiger charge is -2.11. The van der Waals surface area contributed by atoms with Crippen LogP contribution in [-0.4, -0.2) is 23.0 Å². The molecule has 0 spiro atoms. The third kappa shape index (κ3) is 1.46. The first-order valence-electron chi connectivity index (χ1n) is 4.21. The van der Waals surface area contributed by atoms with Gasteiger partial charge >= 0.3 is 6.04 Å². The third-order valence-corrected chi connectivity index (χ3v) is 2.15. The van der Waals surface area contributed by atoms with Crippen molar-refractivity contribution in [2.75, 3.05) is 0 Å². The van der Waals surface area contributed by atoms with Crippen LogP contribution in [0.25, 0.3) is 0 Å². The predicted molar refractivity (Wildman–Crippen MR) is 49.6 cm³/mol. The van der Waals surface area contributed by atoms with Crippen LogP contribution in [-0.2, 0) is 0 Å². The molecular weight excluding hydrogens is 222 g/mol. The van der Waals surface area contributed by atoms with Crippen LogP contribution < -0.4 is 0 Å². The Morgan fingerprint density at radius 2 is 1.94 bits per heavy atom. The van der Waals surface area contributed by atoms with E-state index in [0.29, 0.717) is 6.07 Å². The second-order valence-corrected chi connectivity index (χ2v) is 3.16. The number of carbonyl (C=O) groups is 1. The van der Waals surface area contributed by atoms with Crippen LogP contribution in [0.4, 0.5) is 14.5 Å². The third-order valence-electron chi connectivity index (χ3n) is 2.15. The number of Topliss-reactive ketones (excluding diaryl/α,β-unsaturated/α-hetero) is 1. The van der Waals surface area contributed by atoms with Crippen molar-refractivity contribution in [3.8, 4) is 0 Å². The van der Waals surface area contributed by atoms with E-state index in [0.717, 1.165) is 12.3 Å². The number of hydrogen-bond donors (Lipinski definition) is 0. The van der Waals surface area contributed by atoms with Crippen molar-refractivity contribution in [2.45, 2.75) is 6.04 Å². The Balaban J connectivity index is 2.56. The average molecular weight is 226 g/mol. The van der Waals surface area contributed by atoms with Gasteiger partial charge in [0.05, 0.1) is 17.5 Å². The molecule has 0 bridgehead atoms. The molecule has 1 aromatic rings. The Morgan fingerprint density at radius 3 is 2.56 bits per heavy atom. The van der Waals surface area contributed by atoms with Crippen molar-refractivity contribution in [3.05, 3.63) is 39.4 Å². The quantitative estimate of drug-likeness (QED) is 0.538. The smallest absolute Gasteiger partial charge is 0.286 e. The van der Waals surface area contributed by atoms with Gasteiger partial charge in [-0.2, -0.15) is 0 Å². The van der Waals surface area contributed by atoms with Crippen molar-refractivity contribution >= 4 is 17.7 Å². The molecule has 0 fully saturated rings. The fourth-order valence-corrected chi connectivity index (χ4v) is 1.37. The molecule has 1 aliphatic heterocycles. The monoisotopic (exact) mass is 226 g/mol. The fourth-order valence-electron chi connectivity index (χ4n) is 1.37. The maximum atomic E-state index is 12.9. The molecular formula is C9H4F2N2O3. The lowest BCUT2D eigenvalue weighted by atomic mass is 10.0. The number of rotatable bonds is 1. The van der Waals surface area contributed by atoms with Gasteiger partial charge in [-0.15, -0.1) is 0 Å². The molecule has 0 aliphatic carbocycles. The van der Waals surface area contributed by atoms with E-state index in [1.807, 2.05) is 0 Å². The molecule has 1 heterocycles. The minimum absolute atomic E-state index is 0.0954. The normalized spacial score (nSPS) is 18.4. The predicted octanol–water partition coefficient (Wildman–Crippen LogP) is 1.51. The molecule has 0 aromatic heterocycles. The molecule has 82 valence electrons. The summed E-state index contributed by atoms with van der Waals surface area (Å²) in [5, 5.41) is 10.5. The highest BCUT2D eigenvalue weighted by molar-refractivity contribution is 6.14. The van der Waals surface area contributed by atoms with Gasteiger partial charge in [0.15, 0.2) is 11.6 Å². The summed E-state index contributed by atoms with van der Waals surface area (Å²) in [4.78, 5) is 24.7. The number of halogens is 2. The zero-order valence-electron chi connectivity index (χ0n) is 7.68. The molecule has 5 nitrogen and oxygen atoms in total. The highest BCUT2D eigenvalue weighted by Crippen LogP contribution is 2.27. The van der Waals surface area contributed by atoms with Gasteiger partial charge in [0.1, 0.15) is 0 Å². The Morgan fingerprint density at radius 1 is 1.31 bits per heavy atom. The first kappa shape index (κ1) is 10.3. The van der Waals surface area contributed by atoms with Crippen LogP contribution in [0.1, 0.15) is 10.4 Å². The molecule has 0 amide bonds. The van der Waals surface area contributed by atoms with E-state index >= 15 is 0 Å². The summed E-state index contributed by atoms with van der Waals surface area (Å²) in [7, 11) is 0. The van der Waals surface area contributed by atoms with Gasteiger partial charge in [0.2, 0.25) is 5.78 Å². The SMILES string of the molecule is O=C1c2cc(F)c(F)cc2N=CC1[N+](=O)[O-]. The molecule has 16 heavy (non-hydrogen) atoms. The van der Waals surface area contributed by atoms with Crippen molar-refractivity contribution in [3.63, 3.8) is 0 Å². The molecule has 1 aromatic carbocycles. The highest BCUT2D eigenvalue weighted by atomic mass is 19.2. The van der Waals surface area contributed by atoms with E-state index in [-0.39, 0.29) is 11.3 Å². The first-order chi connectivity index (χ1) is 7.50. The van der Waals surface area contributed by atoms with Crippen molar-refractivity contribution in [2.24, 2.45) is 4.99 Å². The lowest BCUT2D eigenvalue weighted by Crippen LogP contribution is -2.33. The van der Waals surface area contributed by atoms with Crippen molar-refractivity contribution in [1.29, 1.82) is 0 Å². The van der Waals surface area contributed by atoms with Gasteiger partial charge in [-0.3, -0.25) is 19.9 Å². The summed E-state index contributed by atoms with van der Waals surface area (Å²) in [5.74, 6) is -3.27. The summed E-state index contributed by atoms with van der Waals surface area (Å²) in [6.45, 7) is 0. The number of ketones is 1. The van der Waals surface area contributed by atoms with E-state index in [2.05, 4.69) is 4.99 Å². The van der Waals surface area contributed by atoms with Crippen LogP contribution in [0.5, 0.6) is 0 Å². The lowest BCUT2D eigenvalue weighted by molar-refractivity contribution is -0.485. The summed E-state index contributed by atoms with van der Waals surface area (Å²) in [5.41, 5.74) is -0.370. The molecule has 0 saturated heterocycles. The molecule has 7 heteroatoms. The van der Waals surface area contributed by atoms with E-state index in [1.165, 1.54) is 0 Å². The van der Waals surface area contributed by atoms with Gasteiger partial charge in [0, 0.05) is 11.0 Å². The van der Waals surface area contributed by atoms with E-state index in [9.17, 15) is 23.7 Å². The Bertz CT molecular complexity index is 528. The Kier molecular flexibility index (Phi) is 2.22. The zero-order chi connectivity index (χ0) is 11.9. The summed E-state index contributed by atoms with van der Waals surface area (Å²) in [6.07, 6.45) is 0.808. The van der Waals surface area contributed by atoms with Crippen LogP contribution >= 0.6 is 0 Å². The maximum absolute atomic E-state index is 12.9. The molecule has 0 radical (unpaired) electrons. The number of aliphatic imine (C=N–C) groups is 1. The number of nitrogens with zero attached hydrogens (tertiary/aromatic N) is 2. The summed E-state index contributed by atoms with van der Waals surface area (Å²) in [6, 6.07) is -0.271. The van der Waals surface area contributed by atoms with Crippen LogP contribution in [0.3, 0.4) is 0 Å². The van der Waals surface area contributed by atoms with Gasteiger partial charge in [-0.25, -0.2) is 8.78 Å². The molecule has 1 aliphatic rings. The number of nitro groups is 1. The minimum atomic E-state index is -1.63. The summed E-state index contributed by atoms with van der Waals surface area (Å²) >= 11 is 0. The number of fused-ring (bicyclic) bond motifs is 1. The number of hydrogen-bond acceptors (Lipinski definition) is 4. The Labute approximate surface area is 87.6 Å². The number of benzene rings is 1. The fraction of sp³-hybridized carbons (Fsp3) is 0.111. The molecule has 1 unspecified atom stereocenters. The largest absolute Gasteiger partial charge is 0.309 e. The van der Waals surface area contributed by atoms with E-state index < -0.39 is 28.4 Å². The van der Waals surface area contributed by atoms with Gasteiger partial charge in [-0.1, -0.05) is 0 Å². The van der Waals surface area contributed by atoms with Gasteiger partial charge in [0.25, 0.3) is 0 Å². The Hall–Kier alpha value is -2.18. The van der Waals surface area contributed by atoms with Crippen molar-refractivity contribution in [1.82, 2.24) is 0 Å². The minimum Gasteiger partial charge on any atom is -0.286 e. The second-order valence-electron chi connectivity index (χ2n) is 3.16. The molecule has 2 rings (SSSR count). The van der Waals surface area contributed by atoms with Gasteiger partial charge < -0.3 is 0 Å². The highest BCUT2D eigenvalue weighted by Gasteiger charge is 2.34. The van der Waals surface area contributed by atoms with E-state index in [1.54, 1.807) is 0 Å². The average Bonchev–Trinajstić information content (AvgIpc) is 2.21. The van der Waals surface area contributed by atoms with Crippen LogP contribution in [0.15, 0.2) is 17.1 Å². The van der Waals surface area contributed by atoms with Crippen LogP contribution in [0.2, 0.25) is 0 Å². The second kappa shape index (κ2) is 3.44. The standard InChI is InChI=1S/C9H4F2N2O3/c10-5-1-4-7(2-6(5)11)12-3-8(9(4)14)13(15)16/h1-3,8H. The molecule has 0 saturated carbocycles. The van der Waals surface area contributed by atoms with Crippen LogP contribution in [0, 0.1) is 21.7 Å². The maximum Gasteiger partial charge on any atom is 0.309 e. The zero-order valence-corrected chi connectivity index (χ0v) is 7.68. The number of carbonyl (C=O) groups excluding carboxylic acids is 1. The molecule has 0 N–H and O–H groups in total.